The van der Waals surface area contributed by atoms with E-state index >= 15 is 0 Å². The number of rotatable bonds is 5. The van der Waals surface area contributed by atoms with E-state index in [0.29, 0.717) is 18.2 Å². The Labute approximate surface area is 108 Å². The van der Waals surface area contributed by atoms with Gasteiger partial charge in [0.1, 0.15) is 5.88 Å². The molecule has 0 radical (unpaired) electrons. The van der Waals surface area contributed by atoms with Crippen LogP contribution in [-0.2, 0) is 5.88 Å². The minimum atomic E-state index is -0.459. The molecule has 0 aliphatic carbocycles. The zero-order chi connectivity index (χ0) is 13.0. The molecule has 1 N–H and O–H groups in total. The van der Waals surface area contributed by atoms with Crippen molar-refractivity contribution in [1.29, 1.82) is 0 Å². The Kier molecular flexibility index (Phi) is 3.99. The molecule has 0 amide bonds. The number of hydrogen-bond donors (Lipinski definition) is 1. The first-order valence-electron chi connectivity index (χ1n) is 5.30. The summed E-state index contributed by atoms with van der Waals surface area (Å²) in [6.45, 7) is 2.20. The SMILES string of the molecule is CCOc1ccc(Nc2nnc(CCl)o2)cc1F. The van der Waals surface area contributed by atoms with Crippen LogP contribution in [0.3, 0.4) is 0 Å². The van der Waals surface area contributed by atoms with Crippen molar-refractivity contribution in [3.63, 3.8) is 0 Å². The molecule has 0 aliphatic heterocycles. The molecule has 0 spiro atoms. The second-order valence-corrected chi connectivity index (χ2v) is 3.61. The summed E-state index contributed by atoms with van der Waals surface area (Å²) in [4.78, 5) is 0. The van der Waals surface area contributed by atoms with Crippen LogP contribution in [0.25, 0.3) is 0 Å². The van der Waals surface area contributed by atoms with Crippen molar-refractivity contribution < 1.29 is 13.5 Å². The third-order valence-electron chi connectivity index (χ3n) is 2.06. The van der Waals surface area contributed by atoms with Gasteiger partial charge in [0, 0.05) is 11.8 Å². The smallest absolute Gasteiger partial charge is 0.320 e. The molecule has 0 saturated heterocycles. The quantitative estimate of drug-likeness (QED) is 0.847. The first kappa shape index (κ1) is 12.6. The van der Waals surface area contributed by atoms with Crippen molar-refractivity contribution >= 4 is 23.3 Å². The van der Waals surface area contributed by atoms with Crippen molar-refractivity contribution in [2.24, 2.45) is 0 Å². The lowest BCUT2D eigenvalue weighted by Crippen LogP contribution is -1.96. The van der Waals surface area contributed by atoms with Crippen LogP contribution in [0.2, 0.25) is 0 Å². The predicted octanol–water partition coefficient (Wildman–Crippen LogP) is 3.09. The molecule has 0 unspecified atom stereocenters. The Morgan fingerprint density at radius 1 is 1.44 bits per heavy atom. The number of benzene rings is 1. The van der Waals surface area contributed by atoms with Gasteiger partial charge in [0.25, 0.3) is 0 Å². The zero-order valence-corrected chi connectivity index (χ0v) is 10.4. The standard InChI is InChI=1S/C11H11ClFN3O2/c1-2-17-9-4-3-7(5-8(9)13)14-11-16-15-10(6-12)18-11/h3-5H,2,6H2,1H3,(H,14,16). The second-order valence-electron chi connectivity index (χ2n) is 3.34. The minimum absolute atomic E-state index is 0.131. The van der Waals surface area contributed by atoms with Crippen molar-refractivity contribution in [2.75, 3.05) is 11.9 Å². The van der Waals surface area contributed by atoms with Crippen molar-refractivity contribution in [3.8, 4) is 5.75 Å². The number of nitrogens with zero attached hydrogens (tertiary/aromatic N) is 2. The Morgan fingerprint density at radius 2 is 2.28 bits per heavy atom. The molecule has 0 saturated carbocycles. The van der Waals surface area contributed by atoms with Crippen LogP contribution in [0.15, 0.2) is 22.6 Å². The second kappa shape index (κ2) is 5.68. The Morgan fingerprint density at radius 3 is 2.89 bits per heavy atom. The fraction of sp³-hybridized carbons (Fsp3) is 0.273. The van der Waals surface area contributed by atoms with E-state index in [2.05, 4.69) is 15.5 Å². The van der Waals surface area contributed by atoms with Crippen molar-refractivity contribution in [3.05, 3.63) is 29.9 Å². The topological polar surface area (TPSA) is 60.2 Å². The zero-order valence-electron chi connectivity index (χ0n) is 9.61. The maximum absolute atomic E-state index is 13.6. The summed E-state index contributed by atoms with van der Waals surface area (Å²) in [7, 11) is 0. The van der Waals surface area contributed by atoms with Crippen LogP contribution in [0.1, 0.15) is 12.8 Å². The summed E-state index contributed by atoms with van der Waals surface area (Å²) < 4.78 is 23.8. The lowest BCUT2D eigenvalue weighted by atomic mass is 10.3. The first-order valence-corrected chi connectivity index (χ1v) is 5.84. The molecule has 96 valence electrons. The monoisotopic (exact) mass is 271 g/mol. The summed E-state index contributed by atoms with van der Waals surface area (Å²) in [6, 6.07) is 4.63. The van der Waals surface area contributed by atoms with Gasteiger partial charge in [-0.2, -0.15) is 0 Å². The average molecular weight is 272 g/mol. The summed E-state index contributed by atoms with van der Waals surface area (Å²) in [5, 5.41) is 10.1. The molecular formula is C11H11ClFN3O2. The van der Waals surface area contributed by atoms with Gasteiger partial charge in [0.05, 0.1) is 6.61 Å². The number of hydrogen-bond acceptors (Lipinski definition) is 5. The van der Waals surface area contributed by atoms with E-state index < -0.39 is 5.82 Å². The number of halogens is 2. The molecule has 2 rings (SSSR count). The van der Waals surface area contributed by atoms with E-state index in [1.807, 2.05) is 0 Å². The van der Waals surface area contributed by atoms with Crippen molar-refractivity contribution in [2.45, 2.75) is 12.8 Å². The highest BCUT2D eigenvalue weighted by Gasteiger charge is 2.08. The summed E-state index contributed by atoms with van der Waals surface area (Å²) in [5.41, 5.74) is 0.487. The number of nitrogens with one attached hydrogen (secondary N) is 1. The van der Waals surface area contributed by atoms with Gasteiger partial charge in [-0.3, -0.25) is 0 Å². The molecule has 2 aromatic rings. The van der Waals surface area contributed by atoms with Gasteiger partial charge in [-0.25, -0.2) is 4.39 Å². The van der Waals surface area contributed by atoms with Gasteiger partial charge in [-0.05, 0) is 19.1 Å². The summed E-state index contributed by atoms with van der Waals surface area (Å²) in [6.07, 6.45) is 0. The Bertz CT molecular complexity index is 533. The predicted molar refractivity (Wildman–Crippen MR) is 64.7 cm³/mol. The van der Waals surface area contributed by atoms with E-state index in [-0.39, 0.29) is 17.6 Å². The molecule has 0 aliphatic rings. The highest BCUT2D eigenvalue weighted by atomic mass is 35.5. The first-order chi connectivity index (χ1) is 8.72. The van der Waals surface area contributed by atoms with E-state index in [1.54, 1.807) is 13.0 Å². The molecular weight excluding hydrogens is 261 g/mol. The lowest BCUT2D eigenvalue weighted by Gasteiger charge is -2.06. The molecule has 1 aromatic carbocycles. The highest BCUT2D eigenvalue weighted by Crippen LogP contribution is 2.23. The largest absolute Gasteiger partial charge is 0.491 e. The molecule has 0 fully saturated rings. The van der Waals surface area contributed by atoms with Crippen LogP contribution >= 0.6 is 11.6 Å². The summed E-state index contributed by atoms with van der Waals surface area (Å²) >= 11 is 5.52. The molecule has 1 heterocycles. The minimum Gasteiger partial charge on any atom is -0.491 e. The van der Waals surface area contributed by atoms with Gasteiger partial charge in [0.2, 0.25) is 5.89 Å². The fourth-order valence-corrected chi connectivity index (χ4v) is 1.44. The van der Waals surface area contributed by atoms with Gasteiger partial charge in [-0.15, -0.1) is 16.7 Å². The number of ether oxygens (including phenoxy) is 1. The fourth-order valence-electron chi connectivity index (χ4n) is 1.33. The Hall–Kier alpha value is -1.82. The maximum atomic E-state index is 13.6. The van der Waals surface area contributed by atoms with Crippen LogP contribution in [0, 0.1) is 5.82 Å². The highest BCUT2D eigenvalue weighted by molar-refractivity contribution is 6.16. The lowest BCUT2D eigenvalue weighted by molar-refractivity contribution is 0.321. The molecule has 5 nitrogen and oxygen atoms in total. The molecule has 0 atom stereocenters. The third kappa shape index (κ3) is 2.89. The average Bonchev–Trinajstić information content (AvgIpc) is 2.80. The van der Waals surface area contributed by atoms with E-state index in [1.165, 1.54) is 12.1 Å². The van der Waals surface area contributed by atoms with Crippen LogP contribution in [-0.4, -0.2) is 16.8 Å². The van der Waals surface area contributed by atoms with Gasteiger partial charge in [-0.1, -0.05) is 5.10 Å². The van der Waals surface area contributed by atoms with Gasteiger partial charge >= 0.3 is 6.01 Å². The van der Waals surface area contributed by atoms with Crippen molar-refractivity contribution in [1.82, 2.24) is 10.2 Å². The Balaban J connectivity index is 2.12. The van der Waals surface area contributed by atoms with E-state index in [9.17, 15) is 4.39 Å². The van der Waals surface area contributed by atoms with Gasteiger partial charge < -0.3 is 14.5 Å². The molecule has 0 bridgehead atoms. The molecule has 1 aromatic heterocycles. The van der Waals surface area contributed by atoms with Gasteiger partial charge in [0.15, 0.2) is 11.6 Å². The molecule has 18 heavy (non-hydrogen) atoms. The number of anilines is 2. The third-order valence-corrected chi connectivity index (χ3v) is 2.29. The normalized spacial score (nSPS) is 10.4. The molecule has 7 heteroatoms. The summed E-state index contributed by atoms with van der Waals surface area (Å²) in [5.74, 6) is 0.173. The van der Waals surface area contributed by atoms with E-state index in [0.717, 1.165) is 0 Å². The van der Waals surface area contributed by atoms with Crippen LogP contribution in [0.4, 0.5) is 16.1 Å². The van der Waals surface area contributed by atoms with E-state index in [4.69, 9.17) is 20.8 Å². The van der Waals surface area contributed by atoms with Crippen LogP contribution < -0.4 is 10.1 Å². The van der Waals surface area contributed by atoms with Crippen LogP contribution in [0.5, 0.6) is 5.75 Å². The number of alkyl halides is 1. The number of aromatic nitrogens is 2. The maximum Gasteiger partial charge on any atom is 0.320 e.